The average molecular weight is 403 g/mol. The lowest BCUT2D eigenvalue weighted by molar-refractivity contribution is 0.155. The van der Waals surface area contributed by atoms with Crippen LogP contribution in [0.4, 0.5) is 0 Å². The Kier molecular flexibility index (Phi) is 5.42. The Balaban J connectivity index is 1.60. The van der Waals surface area contributed by atoms with Crippen molar-refractivity contribution in [3.05, 3.63) is 88.5 Å². The zero-order chi connectivity index (χ0) is 21.3. The molecule has 4 aromatic rings. The molecule has 30 heavy (non-hydrogen) atoms. The van der Waals surface area contributed by atoms with Gasteiger partial charge in [0.2, 0.25) is 0 Å². The molecule has 6 heteroatoms. The third-order valence-electron chi connectivity index (χ3n) is 5.35. The SMILES string of the molecule is COc1ccc(-c2cc3c(=O)n(CC(O)c4ccc(C(C)C)cc4)ccn3n2)cc1. The molecule has 0 bridgehead atoms. The molecule has 2 heterocycles. The van der Waals surface area contributed by atoms with E-state index in [0.717, 1.165) is 16.9 Å². The van der Waals surface area contributed by atoms with Crippen molar-refractivity contribution in [2.75, 3.05) is 7.11 Å². The Bertz CT molecular complexity index is 1210. The van der Waals surface area contributed by atoms with E-state index in [9.17, 15) is 9.90 Å². The van der Waals surface area contributed by atoms with Crippen LogP contribution in [0.15, 0.2) is 71.8 Å². The third-order valence-corrected chi connectivity index (χ3v) is 5.35. The van der Waals surface area contributed by atoms with Gasteiger partial charge in [-0.25, -0.2) is 4.52 Å². The van der Waals surface area contributed by atoms with Gasteiger partial charge in [-0.15, -0.1) is 0 Å². The fourth-order valence-electron chi connectivity index (χ4n) is 3.47. The van der Waals surface area contributed by atoms with Gasteiger partial charge in [-0.3, -0.25) is 4.79 Å². The van der Waals surface area contributed by atoms with Crippen molar-refractivity contribution >= 4 is 5.52 Å². The number of benzene rings is 2. The molecule has 0 radical (unpaired) electrons. The lowest BCUT2D eigenvalue weighted by atomic mass is 10.00. The summed E-state index contributed by atoms with van der Waals surface area (Å²) in [6, 6.07) is 17.2. The Morgan fingerprint density at radius 1 is 1.00 bits per heavy atom. The van der Waals surface area contributed by atoms with Gasteiger partial charge < -0.3 is 14.4 Å². The molecule has 0 saturated heterocycles. The molecule has 2 aromatic heterocycles. The summed E-state index contributed by atoms with van der Waals surface area (Å²) >= 11 is 0. The van der Waals surface area contributed by atoms with Gasteiger partial charge >= 0.3 is 0 Å². The highest BCUT2D eigenvalue weighted by molar-refractivity contribution is 5.66. The van der Waals surface area contributed by atoms with E-state index in [2.05, 4.69) is 18.9 Å². The summed E-state index contributed by atoms with van der Waals surface area (Å²) in [5, 5.41) is 15.1. The first-order valence-electron chi connectivity index (χ1n) is 9.97. The number of aliphatic hydroxyl groups excluding tert-OH is 1. The fourth-order valence-corrected chi connectivity index (χ4v) is 3.47. The molecular formula is C24H25N3O3. The van der Waals surface area contributed by atoms with Crippen LogP contribution in [-0.4, -0.2) is 26.4 Å². The summed E-state index contributed by atoms with van der Waals surface area (Å²) in [6.07, 6.45) is 2.62. The number of hydrogen-bond acceptors (Lipinski definition) is 4. The molecule has 154 valence electrons. The van der Waals surface area contributed by atoms with Crippen molar-refractivity contribution in [3.63, 3.8) is 0 Å². The van der Waals surface area contributed by atoms with E-state index < -0.39 is 6.10 Å². The Morgan fingerprint density at radius 3 is 2.30 bits per heavy atom. The maximum Gasteiger partial charge on any atom is 0.276 e. The van der Waals surface area contributed by atoms with Gasteiger partial charge in [0.05, 0.1) is 25.5 Å². The van der Waals surface area contributed by atoms with Crippen molar-refractivity contribution in [2.24, 2.45) is 0 Å². The lowest BCUT2D eigenvalue weighted by Crippen LogP contribution is -2.24. The first-order chi connectivity index (χ1) is 14.5. The summed E-state index contributed by atoms with van der Waals surface area (Å²) in [5.74, 6) is 1.20. The Hall–Kier alpha value is -3.38. The number of ether oxygens (including phenoxy) is 1. The van der Waals surface area contributed by atoms with Crippen LogP contribution in [0.3, 0.4) is 0 Å². The van der Waals surface area contributed by atoms with Crippen LogP contribution in [0, 0.1) is 0 Å². The molecule has 0 aliphatic rings. The molecule has 0 saturated carbocycles. The van der Waals surface area contributed by atoms with Gasteiger partial charge in [-0.2, -0.15) is 5.10 Å². The first kappa shape index (κ1) is 19.9. The van der Waals surface area contributed by atoms with Gasteiger partial charge in [-0.1, -0.05) is 38.1 Å². The van der Waals surface area contributed by atoms with Crippen LogP contribution in [0.5, 0.6) is 5.75 Å². The zero-order valence-corrected chi connectivity index (χ0v) is 17.3. The Morgan fingerprint density at radius 2 is 1.67 bits per heavy atom. The zero-order valence-electron chi connectivity index (χ0n) is 17.3. The highest BCUT2D eigenvalue weighted by atomic mass is 16.5. The van der Waals surface area contributed by atoms with Crippen LogP contribution < -0.4 is 10.3 Å². The summed E-state index contributed by atoms with van der Waals surface area (Å²) in [4.78, 5) is 13.0. The molecule has 4 rings (SSSR count). The molecule has 1 unspecified atom stereocenters. The van der Waals surface area contributed by atoms with E-state index in [1.165, 1.54) is 10.1 Å². The molecule has 6 nitrogen and oxygen atoms in total. The van der Waals surface area contributed by atoms with Crippen LogP contribution in [0.2, 0.25) is 0 Å². The lowest BCUT2D eigenvalue weighted by Gasteiger charge is -2.14. The van der Waals surface area contributed by atoms with Crippen LogP contribution in [0.25, 0.3) is 16.8 Å². The molecular weight excluding hydrogens is 378 g/mol. The Labute approximate surface area is 175 Å². The second-order valence-electron chi connectivity index (χ2n) is 7.68. The largest absolute Gasteiger partial charge is 0.497 e. The monoisotopic (exact) mass is 403 g/mol. The maximum atomic E-state index is 13.0. The third kappa shape index (κ3) is 3.86. The van der Waals surface area contributed by atoms with E-state index in [4.69, 9.17) is 4.74 Å². The minimum atomic E-state index is -0.768. The molecule has 1 atom stereocenters. The minimum absolute atomic E-state index is 0.180. The number of aromatic nitrogens is 3. The van der Waals surface area contributed by atoms with Crippen LogP contribution in [-0.2, 0) is 6.54 Å². The maximum absolute atomic E-state index is 13.0. The normalized spacial score (nSPS) is 12.4. The summed E-state index contributed by atoms with van der Waals surface area (Å²) in [7, 11) is 1.62. The number of fused-ring (bicyclic) bond motifs is 1. The molecule has 0 fully saturated rings. The predicted molar refractivity (Wildman–Crippen MR) is 117 cm³/mol. The van der Waals surface area contributed by atoms with E-state index in [0.29, 0.717) is 17.1 Å². The molecule has 0 aliphatic carbocycles. The van der Waals surface area contributed by atoms with Gasteiger partial charge in [0.1, 0.15) is 11.3 Å². The fraction of sp³-hybridized carbons (Fsp3) is 0.250. The molecule has 0 aliphatic heterocycles. The van der Waals surface area contributed by atoms with Crippen molar-refractivity contribution < 1.29 is 9.84 Å². The molecule has 2 aromatic carbocycles. The van der Waals surface area contributed by atoms with Gasteiger partial charge in [0.15, 0.2) is 0 Å². The molecule has 0 spiro atoms. The van der Waals surface area contributed by atoms with Crippen molar-refractivity contribution in [2.45, 2.75) is 32.4 Å². The van der Waals surface area contributed by atoms with Gasteiger partial charge in [0, 0.05) is 18.0 Å². The average Bonchev–Trinajstić information content (AvgIpc) is 3.21. The summed E-state index contributed by atoms with van der Waals surface area (Å²) in [5.41, 5.74) is 3.88. The number of aliphatic hydroxyl groups is 1. The van der Waals surface area contributed by atoms with E-state index >= 15 is 0 Å². The van der Waals surface area contributed by atoms with Gasteiger partial charge in [0.25, 0.3) is 5.56 Å². The van der Waals surface area contributed by atoms with Crippen molar-refractivity contribution in [1.82, 2.24) is 14.2 Å². The van der Waals surface area contributed by atoms with Crippen molar-refractivity contribution in [1.29, 1.82) is 0 Å². The highest BCUT2D eigenvalue weighted by Gasteiger charge is 2.13. The van der Waals surface area contributed by atoms with Crippen LogP contribution in [0.1, 0.15) is 37.0 Å². The quantitative estimate of drug-likeness (QED) is 0.528. The standard InChI is InChI=1S/C24H25N3O3/c1-16(2)17-4-6-19(7-5-17)23(28)15-26-12-13-27-22(24(26)29)14-21(25-27)18-8-10-20(30-3)11-9-18/h4-14,16,23,28H,15H2,1-3H3. The first-order valence-corrected chi connectivity index (χ1v) is 9.97. The molecule has 1 N–H and O–H groups in total. The number of nitrogens with zero attached hydrogens (tertiary/aromatic N) is 3. The van der Waals surface area contributed by atoms with E-state index in [1.54, 1.807) is 30.1 Å². The van der Waals surface area contributed by atoms with E-state index in [1.807, 2.05) is 48.5 Å². The second kappa shape index (κ2) is 8.16. The second-order valence-corrected chi connectivity index (χ2v) is 7.68. The smallest absolute Gasteiger partial charge is 0.276 e. The number of rotatable bonds is 6. The topological polar surface area (TPSA) is 68.8 Å². The number of methoxy groups -OCH3 is 1. The summed E-state index contributed by atoms with van der Waals surface area (Å²) < 4.78 is 8.28. The minimum Gasteiger partial charge on any atom is -0.497 e. The van der Waals surface area contributed by atoms with E-state index in [-0.39, 0.29) is 12.1 Å². The molecule has 0 amide bonds. The van der Waals surface area contributed by atoms with Crippen LogP contribution >= 0.6 is 0 Å². The predicted octanol–water partition coefficient (Wildman–Crippen LogP) is 4.03. The van der Waals surface area contributed by atoms with Crippen molar-refractivity contribution in [3.8, 4) is 17.0 Å². The number of hydrogen-bond donors (Lipinski definition) is 1. The summed E-state index contributed by atoms with van der Waals surface area (Å²) in [6.45, 7) is 4.44. The highest BCUT2D eigenvalue weighted by Crippen LogP contribution is 2.22. The van der Waals surface area contributed by atoms with Gasteiger partial charge in [-0.05, 0) is 47.4 Å².